The van der Waals surface area contributed by atoms with Crippen molar-refractivity contribution in [3.63, 3.8) is 0 Å². The van der Waals surface area contributed by atoms with Crippen LogP contribution < -0.4 is 0 Å². The molecular formula is C22H31N3O2. The van der Waals surface area contributed by atoms with E-state index in [0.29, 0.717) is 18.0 Å². The maximum absolute atomic E-state index is 12.7. The lowest BCUT2D eigenvalue weighted by molar-refractivity contribution is -0.130. The van der Waals surface area contributed by atoms with Gasteiger partial charge in [0.1, 0.15) is 0 Å². The predicted molar refractivity (Wildman–Crippen MR) is 105 cm³/mol. The highest BCUT2D eigenvalue weighted by atomic mass is 16.2. The predicted octanol–water partition coefficient (Wildman–Crippen LogP) is 2.62. The van der Waals surface area contributed by atoms with Crippen LogP contribution in [0.5, 0.6) is 0 Å². The van der Waals surface area contributed by atoms with Crippen molar-refractivity contribution in [1.29, 1.82) is 0 Å². The number of likely N-dealkylation sites (tertiary alicyclic amines) is 2. The van der Waals surface area contributed by atoms with E-state index in [1.807, 2.05) is 35.2 Å². The summed E-state index contributed by atoms with van der Waals surface area (Å²) in [4.78, 5) is 31.3. The number of amides is 2. The zero-order valence-electron chi connectivity index (χ0n) is 16.3. The van der Waals surface area contributed by atoms with Gasteiger partial charge in [0, 0.05) is 50.7 Å². The van der Waals surface area contributed by atoms with E-state index in [9.17, 15) is 9.59 Å². The maximum Gasteiger partial charge on any atom is 0.253 e. The minimum atomic E-state index is 0.160. The van der Waals surface area contributed by atoms with Crippen molar-refractivity contribution < 1.29 is 9.59 Å². The van der Waals surface area contributed by atoms with Crippen LogP contribution in [0.3, 0.4) is 0 Å². The Kier molecular flexibility index (Phi) is 5.48. The molecule has 1 aromatic carbocycles. The van der Waals surface area contributed by atoms with Gasteiger partial charge < -0.3 is 9.80 Å². The summed E-state index contributed by atoms with van der Waals surface area (Å²) in [6, 6.07) is 10.6. The van der Waals surface area contributed by atoms with E-state index in [4.69, 9.17) is 0 Å². The molecule has 146 valence electrons. The third-order valence-corrected chi connectivity index (χ3v) is 6.39. The van der Waals surface area contributed by atoms with Crippen LogP contribution in [0.2, 0.25) is 0 Å². The molecule has 3 fully saturated rings. The second-order valence-corrected chi connectivity index (χ2v) is 8.47. The molecule has 1 aromatic rings. The molecule has 2 heterocycles. The standard InChI is InChI=1S/C22H31N3O2/c1-17(26)25(20-9-10-20)16-21-8-5-12-23(21)14-18-11-13-24(15-18)22(27)19-6-3-2-4-7-19/h2-4,6-7,18,20-21H,5,8-16H2,1H3/t18-,21+/m1/s1. The summed E-state index contributed by atoms with van der Waals surface area (Å²) in [7, 11) is 0. The first-order chi connectivity index (χ1) is 13.1. The maximum atomic E-state index is 12.7. The lowest BCUT2D eigenvalue weighted by Gasteiger charge is -2.32. The van der Waals surface area contributed by atoms with Gasteiger partial charge in [-0.05, 0) is 56.7 Å². The summed E-state index contributed by atoms with van der Waals surface area (Å²) >= 11 is 0. The first kappa shape index (κ1) is 18.5. The Morgan fingerprint density at radius 2 is 1.85 bits per heavy atom. The van der Waals surface area contributed by atoms with Crippen LogP contribution in [0.4, 0.5) is 0 Å². The van der Waals surface area contributed by atoms with Gasteiger partial charge in [0.05, 0.1) is 0 Å². The highest BCUT2D eigenvalue weighted by Gasteiger charge is 2.36. The molecule has 0 aromatic heterocycles. The summed E-state index contributed by atoms with van der Waals surface area (Å²) in [5, 5.41) is 0. The molecule has 3 aliphatic rings. The molecule has 27 heavy (non-hydrogen) atoms. The van der Waals surface area contributed by atoms with Crippen molar-refractivity contribution in [3.8, 4) is 0 Å². The number of hydrogen-bond donors (Lipinski definition) is 0. The van der Waals surface area contributed by atoms with E-state index in [1.54, 1.807) is 6.92 Å². The molecule has 1 saturated carbocycles. The summed E-state index contributed by atoms with van der Waals surface area (Å²) in [6.45, 7) is 6.50. The molecule has 0 bridgehead atoms. The van der Waals surface area contributed by atoms with Gasteiger partial charge in [-0.2, -0.15) is 0 Å². The van der Waals surface area contributed by atoms with E-state index in [-0.39, 0.29) is 11.8 Å². The Labute approximate surface area is 162 Å². The second kappa shape index (κ2) is 8.01. The van der Waals surface area contributed by atoms with Gasteiger partial charge in [0.25, 0.3) is 5.91 Å². The Balaban J connectivity index is 1.31. The molecule has 4 rings (SSSR count). The fourth-order valence-electron chi connectivity index (χ4n) is 4.75. The summed E-state index contributed by atoms with van der Waals surface area (Å²) in [6.07, 6.45) is 5.84. The van der Waals surface area contributed by atoms with Gasteiger partial charge in [0.15, 0.2) is 0 Å². The zero-order chi connectivity index (χ0) is 18.8. The molecule has 0 radical (unpaired) electrons. The third-order valence-electron chi connectivity index (χ3n) is 6.39. The van der Waals surface area contributed by atoms with Crippen LogP contribution >= 0.6 is 0 Å². The average molecular weight is 370 g/mol. The quantitative estimate of drug-likeness (QED) is 0.774. The van der Waals surface area contributed by atoms with Crippen molar-refractivity contribution in [2.24, 2.45) is 5.92 Å². The lowest BCUT2D eigenvalue weighted by atomic mass is 10.1. The number of nitrogens with zero attached hydrogens (tertiary/aromatic N) is 3. The van der Waals surface area contributed by atoms with Crippen molar-refractivity contribution in [1.82, 2.24) is 14.7 Å². The van der Waals surface area contributed by atoms with Gasteiger partial charge in [0.2, 0.25) is 5.91 Å². The van der Waals surface area contributed by atoms with Crippen LogP contribution in [0.1, 0.15) is 49.4 Å². The summed E-state index contributed by atoms with van der Waals surface area (Å²) < 4.78 is 0. The lowest BCUT2D eigenvalue weighted by Crippen LogP contribution is -2.45. The van der Waals surface area contributed by atoms with E-state index >= 15 is 0 Å². The monoisotopic (exact) mass is 369 g/mol. The Morgan fingerprint density at radius 1 is 1.07 bits per heavy atom. The van der Waals surface area contributed by atoms with Crippen LogP contribution in [0, 0.1) is 5.92 Å². The second-order valence-electron chi connectivity index (χ2n) is 8.47. The molecule has 5 heteroatoms. The van der Waals surface area contributed by atoms with Gasteiger partial charge in [-0.3, -0.25) is 14.5 Å². The number of hydrogen-bond acceptors (Lipinski definition) is 3. The van der Waals surface area contributed by atoms with E-state index in [0.717, 1.165) is 44.7 Å². The molecule has 0 spiro atoms. The SMILES string of the molecule is CC(=O)N(C[C@@H]1CCCN1C[C@H]1CCN(C(=O)c2ccccc2)C1)C1CC1. The smallest absolute Gasteiger partial charge is 0.253 e. The van der Waals surface area contributed by atoms with Crippen molar-refractivity contribution >= 4 is 11.8 Å². The van der Waals surface area contributed by atoms with Gasteiger partial charge in [-0.25, -0.2) is 0 Å². The normalized spacial score (nSPS) is 25.7. The fourth-order valence-corrected chi connectivity index (χ4v) is 4.75. The number of carbonyl (C=O) groups is 2. The Hall–Kier alpha value is -1.88. The Bertz CT molecular complexity index is 673. The average Bonchev–Trinajstić information content (AvgIpc) is 3.24. The number of carbonyl (C=O) groups excluding carboxylic acids is 2. The minimum absolute atomic E-state index is 0.160. The van der Waals surface area contributed by atoms with Crippen LogP contribution in [0.25, 0.3) is 0 Å². The zero-order valence-corrected chi connectivity index (χ0v) is 16.3. The van der Waals surface area contributed by atoms with Gasteiger partial charge >= 0.3 is 0 Å². The topological polar surface area (TPSA) is 43.9 Å². The molecule has 1 aliphatic carbocycles. The molecule has 2 atom stereocenters. The molecule has 5 nitrogen and oxygen atoms in total. The van der Waals surface area contributed by atoms with Crippen molar-refractivity contribution in [2.75, 3.05) is 32.7 Å². The van der Waals surface area contributed by atoms with Crippen LogP contribution in [-0.4, -0.2) is 71.3 Å². The third kappa shape index (κ3) is 4.34. The van der Waals surface area contributed by atoms with Gasteiger partial charge in [-0.1, -0.05) is 18.2 Å². The minimum Gasteiger partial charge on any atom is -0.338 e. The molecule has 2 saturated heterocycles. The van der Waals surface area contributed by atoms with E-state index < -0.39 is 0 Å². The Morgan fingerprint density at radius 3 is 2.56 bits per heavy atom. The molecule has 0 N–H and O–H groups in total. The number of rotatable bonds is 6. The number of benzene rings is 1. The molecule has 2 aliphatic heterocycles. The molecule has 0 unspecified atom stereocenters. The molecule has 2 amide bonds. The van der Waals surface area contributed by atoms with E-state index in [1.165, 1.54) is 25.7 Å². The first-order valence-electron chi connectivity index (χ1n) is 10.5. The molecular weight excluding hydrogens is 338 g/mol. The van der Waals surface area contributed by atoms with Crippen molar-refractivity contribution in [3.05, 3.63) is 35.9 Å². The van der Waals surface area contributed by atoms with Crippen molar-refractivity contribution in [2.45, 2.75) is 51.1 Å². The van der Waals surface area contributed by atoms with Crippen LogP contribution in [-0.2, 0) is 4.79 Å². The van der Waals surface area contributed by atoms with E-state index in [2.05, 4.69) is 9.80 Å². The first-order valence-corrected chi connectivity index (χ1v) is 10.5. The largest absolute Gasteiger partial charge is 0.338 e. The highest BCUT2D eigenvalue weighted by Crippen LogP contribution is 2.30. The summed E-state index contributed by atoms with van der Waals surface area (Å²) in [5.74, 6) is 0.933. The van der Waals surface area contributed by atoms with Crippen LogP contribution in [0.15, 0.2) is 30.3 Å². The van der Waals surface area contributed by atoms with Gasteiger partial charge in [-0.15, -0.1) is 0 Å². The fraction of sp³-hybridized carbons (Fsp3) is 0.636. The summed E-state index contributed by atoms with van der Waals surface area (Å²) in [5.41, 5.74) is 0.790. The highest BCUT2D eigenvalue weighted by molar-refractivity contribution is 5.94.